The van der Waals surface area contributed by atoms with Crippen LogP contribution in [0.3, 0.4) is 0 Å². The van der Waals surface area contributed by atoms with Crippen LogP contribution in [-0.2, 0) is 0 Å². The highest BCUT2D eigenvalue weighted by atomic mass is 35.5. The van der Waals surface area contributed by atoms with Gasteiger partial charge in [0, 0.05) is 0 Å². The van der Waals surface area contributed by atoms with E-state index < -0.39 is 0 Å². The van der Waals surface area contributed by atoms with Crippen molar-refractivity contribution in [2.24, 2.45) is 5.92 Å². The Morgan fingerprint density at radius 1 is 1.62 bits per heavy atom. The lowest BCUT2D eigenvalue weighted by Crippen LogP contribution is -2.14. The Morgan fingerprint density at radius 2 is 2.12 bits per heavy atom. The van der Waals surface area contributed by atoms with Crippen molar-refractivity contribution >= 4 is 11.6 Å². The first-order valence-corrected chi connectivity index (χ1v) is 3.41. The molecule has 0 aliphatic heterocycles. The van der Waals surface area contributed by atoms with Crippen LogP contribution in [0, 0.1) is 5.92 Å². The molecule has 0 saturated carbocycles. The van der Waals surface area contributed by atoms with Crippen molar-refractivity contribution in [2.75, 3.05) is 6.61 Å². The van der Waals surface area contributed by atoms with Crippen molar-refractivity contribution in [3.8, 4) is 0 Å². The van der Waals surface area contributed by atoms with Gasteiger partial charge in [0.1, 0.15) is 0 Å². The predicted molar refractivity (Wildman–Crippen MR) is 36.2 cm³/mol. The summed E-state index contributed by atoms with van der Waals surface area (Å²) in [5.74, 6) is 0.432. The molecule has 0 fully saturated rings. The number of halogens is 1. The van der Waals surface area contributed by atoms with Crippen LogP contribution in [0.15, 0.2) is 0 Å². The van der Waals surface area contributed by atoms with E-state index in [0.29, 0.717) is 5.92 Å². The monoisotopic (exact) mass is 136 g/mol. The van der Waals surface area contributed by atoms with Gasteiger partial charge in [0.25, 0.3) is 0 Å². The van der Waals surface area contributed by atoms with Gasteiger partial charge in [0.2, 0.25) is 0 Å². The molecule has 0 aromatic heterocycles. The Labute approximate surface area is 55.7 Å². The number of hydrogen-bond donors (Lipinski definition) is 1. The van der Waals surface area contributed by atoms with Crippen LogP contribution in [0.4, 0.5) is 0 Å². The van der Waals surface area contributed by atoms with Crippen LogP contribution >= 0.6 is 11.6 Å². The third-order valence-electron chi connectivity index (χ3n) is 1.44. The molecule has 0 radical (unpaired) electrons. The Morgan fingerprint density at radius 3 is 2.25 bits per heavy atom. The van der Waals surface area contributed by atoms with Crippen molar-refractivity contribution < 1.29 is 5.11 Å². The first-order valence-electron chi connectivity index (χ1n) is 2.97. The average molecular weight is 137 g/mol. The minimum Gasteiger partial charge on any atom is -0.395 e. The summed E-state index contributed by atoms with van der Waals surface area (Å²) in [7, 11) is 0. The van der Waals surface area contributed by atoms with Gasteiger partial charge in [-0.3, -0.25) is 0 Å². The first kappa shape index (κ1) is 8.25. The summed E-state index contributed by atoms with van der Waals surface area (Å²) in [6.45, 7) is 4.19. The lowest BCUT2D eigenvalue weighted by atomic mass is 10.1. The maximum atomic E-state index is 8.50. The molecule has 8 heavy (non-hydrogen) atoms. The second-order valence-electron chi connectivity index (χ2n) is 2.08. The highest BCUT2D eigenvalue weighted by Crippen LogP contribution is 2.12. The van der Waals surface area contributed by atoms with Gasteiger partial charge in [-0.1, -0.05) is 20.3 Å². The lowest BCUT2D eigenvalue weighted by Gasteiger charge is -2.11. The number of aliphatic hydroxyl groups excluding tert-OH is 1. The van der Waals surface area contributed by atoms with Gasteiger partial charge >= 0.3 is 0 Å². The normalized spacial score (nSPS) is 18.0. The summed E-state index contributed by atoms with van der Waals surface area (Å²) < 4.78 is 0. The van der Waals surface area contributed by atoms with Gasteiger partial charge in [-0.25, -0.2) is 0 Å². The van der Waals surface area contributed by atoms with Crippen LogP contribution in [0.1, 0.15) is 20.3 Å². The van der Waals surface area contributed by atoms with E-state index in [1.807, 2.05) is 6.92 Å². The molecule has 0 amide bonds. The Bertz CT molecular complexity index is 48.5. The van der Waals surface area contributed by atoms with Crippen LogP contribution in [0.2, 0.25) is 0 Å². The molecular formula is C6H13ClO. The van der Waals surface area contributed by atoms with Crippen LogP contribution in [-0.4, -0.2) is 17.1 Å². The third-order valence-corrected chi connectivity index (χ3v) is 2.00. The van der Waals surface area contributed by atoms with E-state index in [-0.39, 0.29) is 12.0 Å². The van der Waals surface area contributed by atoms with E-state index in [4.69, 9.17) is 16.7 Å². The van der Waals surface area contributed by atoms with Gasteiger partial charge in [-0.15, -0.1) is 11.6 Å². The predicted octanol–water partition coefficient (Wildman–Crippen LogP) is 1.63. The molecule has 0 bridgehead atoms. The Hall–Kier alpha value is 0.250. The number of rotatable bonds is 3. The quantitative estimate of drug-likeness (QED) is 0.585. The summed E-state index contributed by atoms with van der Waals surface area (Å²) in [4.78, 5) is 0. The molecule has 0 aliphatic carbocycles. The van der Waals surface area contributed by atoms with Crippen LogP contribution in [0.5, 0.6) is 0 Å². The Kier molecular flexibility index (Phi) is 4.29. The molecule has 0 aliphatic rings. The molecule has 50 valence electrons. The molecule has 0 unspecified atom stereocenters. The first-order chi connectivity index (χ1) is 3.72. The second kappa shape index (κ2) is 4.16. The van der Waals surface area contributed by atoms with E-state index >= 15 is 0 Å². The smallest absolute Gasteiger partial charge is 0.0597 e. The SMILES string of the molecule is CC[C@@H](C)[C@@H](Cl)CO. The standard InChI is InChI=1S/C6H13ClO/c1-3-5(2)6(7)4-8/h5-6,8H,3-4H2,1-2H3/t5-,6+/m1/s1. The molecule has 2 heteroatoms. The van der Waals surface area contributed by atoms with Gasteiger partial charge in [-0.2, -0.15) is 0 Å². The summed E-state index contributed by atoms with van der Waals surface area (Å²) in [6.07, 6.45) is 1.04. The average Bonchev–Trinajstić information content (AvgIpc) is 1.84. The molecule has 2 atom stereocenters. The minimum atomic E-state index is -0.0556. The van der Waals surface area contributed by atoms with Crippen molar-refractivity contribution in [1.82, 2.24) is 0 Å². The second-order valence-corrected chi connectivity index (χ2v) is 2.64. The molecule has 1 N–H and O–H groups in total. The fourth-order valence-corrected chi connectivity index (χ4v) is 0.614. The lowest BCUT2D eigenvalue weighted by molar-refractivity contribution is 0.265. The van der Waals surface area contributed by atoms with E-state index in [2.05, 4.69) is 6.92 Å². The zero-order valence-corrected chi connectivity index (χ0v) is 6.15. The maximum absolute atomic E-state index is 8.50. The van der Waals surface area contributed by atoms with Gasteiger partial charge in [-0.05, 0) is 5.92 Å². The fourth-order valence-electron chi connectivity index (χ4n) is 0.436. The van der Waals surface area contributed by atoms with E-state index in [1.54, 1.807) is 0 Å². The molecule has 0 aromatic rings. The fraction of sp³-hybridized carbons (Fsp3) is 1.00. The third kappa shape index (κ3) is 2.53. The zero-order chi connectivity index (χ0) is 6.57. The molecule has 0 aromatic carbocycles. The summed E-state index contributed by atoms with van der Waals surface area (Å²) >= 11 is 5.67. The van der Waals surface area contributed by atoms with E-state index in [9.17, 15) is 0 Å². The maximum Gasteiger partial charge on any atom is 0.0597 e. The van der Waals surface area contributed by atoms with Gasteiger partial charge in [0.05, 0.1) is 12.0 Å². The number of aliphatic hydroxyl groups is 1. The molecule has 0 saturated heterocycles. The topological polar surface area (TPSA) is 20.2 Å². The van der Waals surface area contributed by atoms with Crippen molar-refractivity contribution in [2.45, 2.75) is 25.6 Å². The molecular weight excluding hydrogens is 124 g/mol. The number of alkyl halides is 1. The van der Waals surface area contributed by atoms with Crippen molar-refractivity contribution in [3.63, 3.8) is 0 Å². The van der Waals surface area contributed by atoms with E-state index in [0.717, 1.165) is 6.42 Å². The zero-order valence-electron chi connectivity index (χ0n) is 5.39. The Balaban J connectivity index is 3.29. The summed E-state index contributed by atoms with van der Waals surface area (Å²) in [6, 6.07) is 0. The van der Waals surface area contributed by atoms with Crippen LogP contribution in [0.25, 0.3) is 0 Å². The molecule has 1 nitrogen and oxygen atoms in total. The molecule has 0 spiro atoms. The van der Waals surface area contributed by atoms with E-state index in [1.165, 1.54) is 0 Å². The van der Waals surface area contributed by atoms with Gasteiger partial charge in [0.15, 0.2) is 0 Å². The van der Waals surface area contributed by atoms with Gasteiger partial charge < -0.3 is 5.11 Å². The molecule has 0 heterocycles. The van der Waals surface area contributed by atoms with Crippen molar-refractivity contribution in [3.05, 3.63) is 0 Å². The highest BCUT2D eigenvalue weighted by Gasteiger charge is 2.09. The van der Waals surface area contributed by atoms with Crippen LogP contribution < -0.4 is 0 Å². The largest absolute Gasteiger partial charge is 0.395 e. The number of hydrogen-bond acceptors (Lipinski definition) is 1. The minimum absolute atomic E-state index is 0.0556. The van der Waals surface area contributed by atoms with Crippen molar-refractivity contribution in [1.29, 1.82) is 0 Å². The summed E-state index contributed by atoms with van der Waals surface area (Å²) in [5.41, 5.74) is 0. The summed E-state index contributed by atoms with van der Waals surface area (Å²) in [5, 5.41) is 8.45. The molecule has 0 rings (SSSR count). The highest BCUT2D eigenvalue weighted by molar-refractivity contribution is 6.20.